The zero-order chi connectivity index (χ0) is 30.5. The highest BCUT2D eigenvalue weighted by atomic mass is 35.5. The molecule has 6 rings (SSSR count). The van der Waals surface area contributed by atoms with Gasteiger partial charge in [-0.25, -0.2) is 9.78 Å². The van der Waals surface area contributed by atoms with Crippen LogP contribution in [0.1, 0.15) is 52.6 Å². The average molecular weight is 619 g/mol. The van der Waals surface area contributed by atoms with Crippen molar-refractivity contribution in [3.05, 3.63) is 76.3 Å². The predicted molar refractivity (Wildman–Crippen MR) is 167 cm³/mol. The molecule has 0 fully saturated rings. The molecule has 0 saturated heterocycles. The van der Waals surface area contributed by atoms with E-state index in [0.717, 1.165) is 10.9 Å². The number of halogens is 1. The number of benzene rings is 3. The molecule has 3 N–H and O–H groups in total. The highest BCUT2D eigenvalue weighted by molar-refractivity contribution is 7.12. The summed E-state index contributed by atoms with van der Waals surface area (Å²) in [6, 6.07) is 15.5. The second-order valence-corrected chi connectivity index (χ2v) is 12.3. The number of aromatic nitrogens is 1. The summed E-state index contributed by atoms with van der Waals surface area (Å²) < 4.78 is 11.1. The number of thiophene rings is 1. The van der Waals surface area contributed by atoms with Gasteiger partial charge in [0.15, 0.2) is 5.58 Å². The van der Waals surface area contributed by atoms with Crippen LogP contribution in [0.2, 0.25) is 0 Å². The standard InChI is InChI=1S/C31H27ClN4O6S/c1-31(2,3)42-30(40)34-18-11-25(43-15-18)27(38)33-17-8-9-21-24(10-17)41-28(35-21)29(39)36-14-16(13-32)26-20-7-5-4-6-19(20)23(37)12-22(26)36/h4-12,15-16,37H,13-14H2,1-3H3,(H,33,38)(H,34,40)/t16-/m1/s1. The predicted octanol–water partition coefficient (Wildman–Crippen LogP) is 7.33. The molecule has 3 amide bonds. The molecule has 2 aromatic heterocycles. The quantitative estimate of drug-likeness (QED) is 0.176. The van der Waals surface area contributed by atoms with Gasteiger partial charge in [-0.3, -0.25) is 14.9 Å². The molecule has 0 bridgehead atoms. The summed E-state index contributed by atoms with van der Waals surface area (Å²) in [7, 11) is 0. The maximum atomic E-state index is 13.6. The zero-order valence-electron chi connectivity index (χ0n) is 23.4. The first kappa shape index (κ1) is 28.5. The molecule has 5 aromatic rings. The summed E-state index contributed by atoms with van der Waals surface area (Å²) >= 11 is 7.47. The van der Waals surface area contributed by atoms with Crippen LogP contribution in [0.5, 0.6) is 5.75 Å². The number of hydrogen-bond acceptors (Lipinski definition) is 8. The van der Waals surface area contributed by atoms with Crippen LogP contribution in [0.25, 0.3) is 21.9 Å². The van der Waals surface area contributed by atoms with Gasteiger partial charge in [-0.05, 0) is 49.9 Å². The number of fused-ring (bicyclic) bond motifs is 4. The van der Waals surface area contributed by atoms with E-state index in [-0.39, 0.29) is 23.5 Å². The third-order valence-electron chi connectivity index (χ3n) is 6.87. The smallest absolute Gasteiger partial charge is 0.412 e. The normalized spacial score (nSPS) is 14.6. The number of aromatic hydroxyl groups is 1. The van der Waals surface area contributed by atoms with Crippen molar-refractivity contribution in [1.29, 1.82) is 0 Å². The maximum absolute atomic E-state index is 13.6. The van der Waals surface area contributed by atoms with E-state index in [0.29, 0.717) is 50.9 Å². The SMILES string of the molecule is CC(C)(C)OC(=O)Nc1csc(C(=O)Nc2ccc3nc(C(=O)N4C[C@@H](CCl)c5c4cc(O)c4ccccc54)oc3c2)c1. The first-order chi connectivity index (χ1) is 20.5. The molecule has 3 heterocycles. The Kier molecular flexibility index (Phi) is 7.23. The number of amides is 3. The van der Waals surface area contributed by atoms with Gasteiger partial charge >= 0.3 is 12.0 Å². The molecule has 10 nitrogen and oxygen atoms in total. The Labute approximate surface area is 255 Å². The second-order valence-electron chi connectivity index (χ2n) is 11.1. The maximum Gasteiger partial charge on any atom is 0.412 e. The Morgan fingerprint density at radius 2 is 1.86 bits per heavy atom. The second kappa shape index (κ2) is 10.9. The third kappa shape index (κ3) is 5.61. The van der Waals surface area contributed by atoms with Crippen molar-refractivity contribution in [3.63, 3.8) is 0 Å². The van der Waals surface area contributed by atoms with Crippen molar-refractivity contribution in [1.82, 2.24) is 4.98 Å². The molecule has 1 aliphatic heterocycles. The minimum absolute atomic E-state index is 0.0683. The van der Waals surface area contributed by atoms with Crippen LogP contribution in [-0.2, 0) is 4.74 Å². The number of ether oxygens (including phenoxy) is 1. The van der Waals surface area contributed by atoms with Crippen molar-refractivity contribution in [3.8, 4) is 5.75 Å². The number of rotatable bonds is 5. The van der Waals surface area contributed by atoms with E-state index < -0.39 is 17.6 Å². The first-order valence-electron chi connectivity index (χ1n) is 13.4. The number of phenolic OH excluding ortho intramolecular Hbond substituents is 1. The Bertz CT molecular complexity index is 1910. The van der Waals surface area contributed by atoms with E-state index in [4.69, 9.17) is 20.8 Å². The summed E-state index contributed by atoms with van der Waals surface area (Å²) in [6.07, 6.45) is -0.612. The van der Waals surface area contributed by atoms with Crippen molar-refractivity contribution in [2.45, 2.75) is 32.3 Å². The average Bonchev–Trinajstić information content (AvgIpc) is 3.68. The molecule has 0 saturated carbocycles. The summed E-state index contributed by atoms with van der Waals surface area (Å²) in [5.41, 5.74) is 2.46. The van der Waals surface area contributed by atoms with E-state index in [1.54, 1.807) is 56.5 Å². The van der Waals surface area contributed by atoms with Crippen LogP contribution in [0.15, 0.2) is 64.4 Å². The minimum atomic E-state index is -0.645. The molecular weight excluding hydrogens is 592 g/mol. The number of anilines is 3. The van der Waals surface area contributed by atoms with Gasteiger partial charge in [-0.2, -0.15) is 0 Å². The van der Waals surface area contributed by atoms with Gasteiger partial charge in [0.1, 0.15) is 16.9 Å². The zero-order valence-corrected chi connectivity index (χ0v) is 25.0. The van der Waals surface area contributed by atoms with Gasteiger partial charge in [0.05, 0.1) is 16.3 Å². The van der Waals surface area contributed by atoms with Gasteiger partial charge in [0.2, 0.25) is 0 Å². The lowest BCUT2D eigenvalue weighted by atomic mass is 9.95. The number of phenols is 1. The van der Waals surface area contributed by atoms with Gasteiger partial charge in [-0.1, -0.05) is 24.3 Å². The third-order valence-corrected chi connectivity index (χ3v) is 8.18. The lowest BCUT2D eigenvalue weighted by Crippen LogP contribution is -2.30. The highest BCUT2D eigenvalue weighted by Gasteiger charge is 2.36. The van der Waals surface area contributed by atoms with Crippen molar-refractivity contribution in [2.24, 2.45) is 0 Å². The molecule has 0 radical (unpaired) electrons. The Balaban J connectivity index is 1.20. The molecule has 1 aliphatic rings. The number of alkyl halides is 1. The van der Waals surface area contributed by atoms with Gasteiger partial charge < -0.3 is 24.5 Å². The van der Waals surface area contributed by atoms with E-state index in [1.165, 1.54) is 16.2 Å². The molecule has 12 heteroatoms. The molecular formula is C31H27ClN4O6S. The van der Waals surface area contributed by atoms with E-state index in [2.05, 4.69) is 15.6 Å². The van der Waals surface area contributed by atoms with E-state index >= 15 is 0 Å². The molecule has 43 heavy (non-hydrogen) atoms. The number of nitrogens with zero attached hydrogens (tertiary/aromatic N) is 2. The molecule has 220 valence electrons. The minimum Gasteiger partial charge on any atom is -0.507 e. The van der Waals surface area contributed by atoms with Crippen LogP contribution in [0.3, 0.4) is 0 Å². The number of nitrogens with one attached hydrogen (secondary N) is 2. The summed E-state index contributed by atoms with van der Waals surface area (Å²) in [4.78, 5) is 44.8. The van der Waals surface area contributed by atoms with E-state index in [9.17, 15) is 19.5 Å². The number of carbonyl (C=O) groups is 3. The summed E-state index contributed by atoms with van der Waals surface area (Å²) in [5, 5.41) is 19.3. The fourth-order valence-corrected chi connectivity index (χ4v) is 6.08. The topological polar surface area (TPSA) is 134 Å². The molecule has 1 atom stereocenters. The van der Waals surface area contributed by atoms with Crippen LogP contribution in [0.4, 0.5) is 21.9 Å². The van der Waals surface area contributed by atoms with Crippen molar-refractivity contribution >= 4 is 79.8 Å². The van der Waals surface area contributed by atoms with Crippen LogP contribution < -0.4 is 15.5 Å². The number of carbonyl (C=O) groups excluding carboxylic acids is 3. The summed E-state index contributed by atoms with van der Waals surface area (Å²) in [5.74, 6) is -0.735. The Morgan fingerprint density at radius 3 is 2.60 bits per heavy atom. The van der Waals surface area contributed by atoms with Crippen molar-refractivity contribution < 1.29 is 28.6 Å². The van der Waals surface area contributed by atoms with Crippen LogP contribution in [0, 0.1) is 0 Å². The van der Waals surface area contributed by atoms with Crippen molar-refractivity contribution in [2.75, 3.05) is 28.0 Å². The first-order valence-corrected chi connectivity index (χ1v) is 14.8. The highest BCUT2D eigenvalue weighted by Crippen LogP contribution is 2.45. The lowest BCUT2D eigenvalue weighted by molar-refractivity contribution is 0.0635. The molecule has 3 aromatic carbocycles. The van der Waals surface area contributed by atoms with Crippen LogP contribution >= 0.6 is 22.9 Å². The Morgan fingerprint density at radius 1 is 1.09 bits per heavy atom. The monoisotopic (exact) mass is 618 g/mol. The number of hydrogen-bond donors (Lipinski definition) is 3. The summed E-state index contributed by atoms with van der Waals surface area (Å²) in [6.45, 7) is 5.60. The van der Waals surface area contributed by atoms with E-state index in [1.807, 2.05) is 24.3 Å². The fraction of sp³-hybridized carbons (Fsp3) is 0.226. The number of oxazole rings is 1. The van der Waals surface area contributed by atoms with Gasteiger partial charge in [0, 0.05) is 46.9 Å². The lowest BCUT2D eigenvalue weighted by Gasteiger charge is -2.19. The molecule has 0 unspecified atom stereocenters. The molecule has 0 spiro atoms. The van der Waals surface area contributed by atoms with Gasteiger partial charge in [-0.15, -0.1) is 22.9 Å². The fourth-order valence-electron chi connectivity index (χ4n) is 5.09. The van der Waals surface area contributed by atoms with Gasteiger partial charge in [0.25, 0.3) is 11.8 Å². The largest absolute Gasteiger partial charge is 0.507 e. The Hall–Kier alpha value is -4.61. The molecule has 0 aliphatic carbocycles. The van der Waals surface area contributed by atoms with Crippen LogP contribution in [-0.4, -0.2) is 46.0 Å².